The Morgan fingerprint density at radius 2 is 2.19 bits per heavy atom. The van der Waals surface area contributed by atoms with E-state index in [0.29, 0.717) is 18.7 Å². The van der Waals surface area contributed by atoms with Gasteiger partial charge in [0.1, 0.15) is 11.6 Å². The van der Waals surface area contributed by atoms with Crippen molar-refractivity contribution in [3.8, 4) is 0 Å². The van der Waals surface area contributed by atoms with Crippen LogP contribution in [0, 0.1) is 0 Å². The molecule has 0 aromatic carbocycles. The summed E-state index contributed by atoms with van der Waals surface area (Å²) in [5.74, 6) is -0.207. The summed E-state index contributed by atoms with van der Waals surface area (Å²) < 4.78 is 5.38. The Labute approximate surface area is 124 Å². The number of ether oxygens (including phenoxy) is 1. The zero-order valence-electron chi connectivity index (χ0n) is 12.7. The van der Waals surface area contributed by atoms with E-state index in [4.69, 9.17) is 4.74 Å². The number of rotatable bonds is 2. The van der Waals surface area contributed by atoms with Crippen molar-refractivity contribution >= 4 is 17.7 Å². The van der Waals surface area contributed by atoms with Crippen molar-refractivity contribution in [3.05, 3.63) is 12.4 Å². The van der Waals surface area contributed by atoms with E-state index in [1.807, 2.05) is 20.8 Å². The molecule has 2 heterocycles. The number of hydrogen-bond donors (Lipinski definition) is 2. The number of hydrogen-bond acceptors (Lipinski definition) is 4. The maximum Gasteiger partial charge on any atom is 0.410 e. The normalized spacial score (nSPS) is 19.2. The van der Waals surface area contributed by atoms with Crippen LogP contribution in [0.5, 0.6) is 0 Å². The molecule has 1 saturated heterocycles. The Morgan fingerprint density at radius 1 is 1.43 bits per heavy atom. The van der Waals surface area contributed by atoms with Crippen LogP contribution in [0.15, 0.2) is 12.4 Å². The third-order valence-corrected chi connectivity index (χ3v) is 3.20. The van der Waals surface area contributed by atoms with Gasteiger partial charge in [0.15, 0.2) is 0 Å². The summed E-state index contributed by atoms with van der Waals surface area (Å²) in [4.78, 5) is 26.1. The van der Waals surface area contributed by atoms with Gasteiger partial charge in [0.05, 0.1) is 11.9 Å². The molecule has 7 heteroatoms. The molecule has 1 aromatic heterocycles. The van der Waals surface area contributed by atoms with Gasteiger partial charge >= 0.3 is 6.09 Å². The number of H-pyrrole nitrogens is 1. The molecule has 1 fully saturated rings. The highest BCUT2D eigenvalue weighted by molar-refractivity contribution is 5.96. The zero-order valence-corrected chi connectivity index (χ0v) is 12.7. The van der Waals surface area contributed by atoms with Crippen LogP contribution in [0.4, 0.5) is 10.5 Å². The first-order valence-electron chi connectivity index (χ1n) is 7.16. The zero-order chi connectivity index (χ0) is 15.5. The highest BCUT2D eigenvalue weighted by Gasteiger charge is 2.34. The molecule has 0 unspecified atom stereocenters. The predicted octanol–water partition coefficient (Wildman–Crippen LogP) is 2.14. The summed E-state index contributed by atoms with van der Waals surface area (Å²) in [6, 6.07) is -0.497. The molecule has 2 rings (SSSR count). The second-order valence-electron chi connectivity index (χ2n) is 6.16. The van der Waals surface area contributed by atoms with E-state index >= 15 is 0 Å². The number of aromatic amines is 1. The lowest BCUT2D eigenvalue weighted by Crippen LogP contribution is -2.51. The van der Waals surface area contributed by atoms with Gasteiger partial charge in [0, 0.05) is 12.7 Å². The SMILES string of the molecule is CC(C)(C)OC(=O)N1CCCC[C@H]1C(=O)Nc1cn[nH]c1. The molecule has 2 N–H and O–H groups in total. The molecule has 21 heavy (non-hydrogen) atoms. The number of carbonyl (C=O) groups is 2. The molecule has 1 aliphatic rings. The van der Waals surface area contributed by atoms with Gasteiger partial charge in [-0.05, 0) is 40.0 Å². The van der Waals surface area contributed by atoms with Crippen LogP contribution in [0.3, 0.4) is 0 Å². The Kier molecular flexibility index (Phi) is 4.50. The molecular formula is C14H22N4O3. The number of carbonyl (C=O) groups excluding carboxylic acids is 2. The van der Waals surface area contributed by atoms with E-state index in [2.05, 4.69) is 15.5 Å². The molecule has 2 amide bonds. The maximum atomic E-state index is 12.3. The van der Waals surface area contributed by atoms with Crippen molar-refractivity contribution in [1.29, 1.82) is 0 Å². The van der Waals surface area contributed by atoms with Crippen molar-refractivity contribution in [1.82, 2.24) is 15.1 Å². The van der Waals surface area contributed by atoms with Crippen molar-refractivity contribution in [2.24, 2.45) is 0 Å². The van der Waals surface area contributed by atoms with Crippen LogP contribution in [-0.2, 0) is 9.53 Å². The summed E-state index contributed by atoms with van der Waals surface area (Å²) in [7, 11) is 0. The number of nitrogens with one attached hydrogen (secondary N) is 2. The first-order valence-corrected chi connectivity index (χ1v) is 7.16. The van der Waals surface area contributed by atoms with E-state index in [1.54, 1.807) is 6.20 Å². The van der Waals surface area contributed by atoms with Crippen LogP contribution in [0.2, 0.25) is 0 Å². The standard InChI is InChI=1S/C14H22N4O3/c1-14(2,3)21-13(20)18-7-5-4-6-11(18)12(19)17-10-8-15-16-9-10/h8-9,11H,4-7H2,1-3H3,(H,15,16)(H,17,19)/t11-/m0/s1. The van der Waals surface area contributed by atoms with Crippen LogP contribution in [0.1, 0.15) is 40.0 Å². The lowest BCUT2D eigenvalue weighted by molar-refractivity contribution is -0.122. The number of anilines is 1. The van der Waals surface area contributed by atoms with Gasteiger partial charge in [-0.3, -0.25) is 14.8 Å². The number of nitrogens with zero attached hydrogens (tertiary/aromatic N) is 2. The molecule has 116 valence electrons. The van der Waals surface area contributed by atoms with E-state index in [9.17, 15) is 9.59 Å². The van der Waals surface area contributed by atoms with Crippen molar-refractivity contribution in [3.63, 3.8) is 0 Å². The Morgan fingerprint density at radius 3 is 2.81 bits per heavy atom. The Bertz CT molecular complexity index is 493. The van der Waals surface area contributed by atoms with E-state index < -0.39 is 17.7 Å². The number of likely N-dealkylation sites (tertiary alicyclic amines) is 1. The van der Waals surface area contributed by atoms with Crippen LogP contribution >= 0.6 is 0 Å². The summed E-state index contributed by atoms with van der Waals surface area (Å²) >= 11 is 0. The fourth-order valence-electron chi connectivity index (χ4n) is 2.29. The average molecular weight is 294 g/mol. The van der Waals surface area contributed by atoms with Crippen LogP contribution < -0.4 is 5.32 Å². The predicted molar refractivity (Wildman–Crippen MR) is 77.8 cm³/mol. The third kappa shape index (κ3) is 4.21. The van der Waals surface area contributed by atoms with E-state index in [-0.39, 0.29) is 5.91 Å². The van der Waals surface area contributed by atoms with Gasteiger partial charge < -0.3 is 10.1 Å². The van der Waals surface area contributed by atoms with Crippen LogP contribution in [0.25, 0.3) is 0 Å². The lowest BCUT2D eigenvalue weighted by Gasteiger charge is -2.35. The average Bonchev–Trinajstić information content (AvgIpc) is 2.89. The van der Waals surface area contributed by atoms with Gasteiger partial charge in [-0.1, -0.05) is 0 Å². The monoisotopic (exact) mass is 294 g/mol. The van der Waals surface area contributed by atoms with Crippen molar-refractivity contribution in [2.75, 3.05) is 11.9 Å². The molecule has 0 spiro atoms. The van der Waals surface area contributed by atoms with Crippen molar-refractivity contribution < 1.29 is 14.3 Å². The maximum absolute atomic E-state index is 12.3. The number of piperidine rings is 1. The van der Waals surface area contributed by atoms with Gasteiger partial charge in [-0.2, -0.15) is 5.10 Å². The highest BCUT2D eigenvalue weighted by atomic mass is 16.6. The summed E-state index contributed by atoms with van der Waals surface area (Å²) in [6.45, 7) is 5.98. The minimum atomic E-state index is -0.569. The minimum absolute atomic E-state index is 0.207. The largest absolute Gasteiger partial charge is 0.444 e. The minimum Gasteiger partial charge on any atom is -0.444 e. The number of amides is 2. The molecule has 0 radical (unpaired) electrons. The van der Waals surface area contributed by atoms with E-state index in [1.165, 1.54) is 11.1 Å². The molecule has 1 aliphatic heterocycles. The molecule has 7 nitrogen and oxygen atoms in total. The van der Waals surface area contributed by atoms with Gasteiger partial charge in [-0.25, -0.2) is 4.79 Å². The summed E-state index contributed by atoms with van der Waals surface area (Å²) in [6.07, 6.45) is 5.13. The van der Waals surface area contributed by atoms with Gasteiger partial charge in [0.25, 0.3) is 0 Å². The molecule has 1 aromatic rings. The topological polar surface area (TPSA) is 87.3 Å². The molecule has 0 bridgehead atoms. The van der Waals surface area contributed by atoms with Crippen LogP contribution in [-0.4, -0.2) is 45.3 Å². The Hall–Kier alpha value is -2.05. The smallest absolute Gasteiger partial charge is 0.410 e. The fraction of sp³-hybridized carbons (Fsp3) is 0.643. The molecule has 0 aliphatic carbocycles. The Balaban J connectivity index is 2.04. The van der Waals surface area contributed by atoms with Gasteiger partial charge in [-0.15, -0.1) is 0 Å². The summed E-state index contributed by atoms with van der Waals surface area (Å²) in [5.41, 5.74) is 0.0230. The number of aromatic nitrogens is 2. The first kappa shape index (κ1) is 15.3. The molecule has 1 atom stereocenters. The van der Waals surface area contributed by atoms with Gasteiger partial charge in [0.2, 0.25) is 5.91 Å². The van der Waals surface area contributed by atoms with E-state index in [0.717, 1.165) is 12.8 Å². The molecular weight excluding hydrogens is 272 g/mol. The molecule has 0 saturated carbocycles. The highest BCUT2D eigenvalue weighted by Crippen LogP contribution is 2.21. The second-order valence-corrected chi connectivity index (χ2v) is 6.16. The fourth-order valence-corrected chi connectivity index (χ4v) is 2.29. The first-order chi connectivity index (χ1) is 9.87. The second kappa shape index (κ2) is 6.15. The summed E-state index contributed by atoms with van der Waals surface area (Å²) in [5, 5.41) is 9.17. The van der Waals surface area contributed by atoms with Crippen molar-refractivity contribution in [2.45, 2.75) is 51.7 Å². The quantitative estimate of drug-likeness (QED) is 0.874. The lowest BCUT2D eigenvalue weighted by atomic mass is 10.0. The third-order valence-electron chi connectivity index (χ3n) is 3.20.